The molecule has 3 aromatic heterocycles. The minimum atomic E-state index is -3.49. The van der Waals surface area contributed by atoms with E-state index in [-0.39, 0.29) is 0 Å². The SMILES string of the molecule is O=P1(c2ccccc2)c2ccccc2C2(c3ccccc3Oc3cc(-c4nc(-c5ccccc5)nc(-c5cccc6c5sc5ccccc56)n4)ccc32)c2cc3c(cc21)oc1ccccc13. The fraction of sp³-hybridized carbons (Fsp3) is 0.0172. The number of rotatable bonds is 4. The maximum atomic E-state index is 16.6. The summed E-state index contributed by atoms with van der Waals surface area (Å²) in [6.45, 7) is 0. The van der Waals surface area contributed by atoms with Crippen molar-refractivity contribution in [1.29, 1.82) is 0 Å². The van der Waals surface area contributed by atoms with Crippen molar-refractivity contribution in [3.8, 4) is 45.7 Å². The standard InChI is InChI=1S/C58H34N3O3PS/c62-65(37-18-5-2-6-19-37)51-28-13-10-25-45(51)58(46-33-42-38-20-7-11-26-47(38)63-49(42)34-52(46)65)43-24-9-12-27-48(43)64-50-32-36(30-31-44(50)58)56-59-55(35-16-3-1-4-17-35)60-57(61-56)41-23-15-22-40-39-21-8-14-29-53(39)66-54(40)41/h1-34H. The van der Waals surface area contributed by atoms with E-state index < -0.39 is 12.6 Å². The molecule has 0 bridgehead atoms. The van der Waals surface area contributed by atoms with Gasteiger partial charge in [0.2, 0.25) is 0 Å². The molecule has 0 amide bonds. The molecule has 2 atom stereocenters. The molecule has 12 aromatic rings. The van der Waals surface area contributed by atoms with Gasteiger partial charge in [-0.25, -0.2) is 15.0 Å². The molecule has 0 aliphatic carbocycles. The zero-order chi connectivity index (χ0) is 43.6. The number of nitrogens with zero attached hydrogens (tertiary/aromatic N) is 3. The Kier molecular flexibility index (Phi) is 7.95. The maximum Gasteiger partial charge on any atom is 0.171 e. The van der Waals surface area contributed by atoms with Crippen LogP contribution in [-0.2, 0) is 9.98 Å². The number of hydrogen-bond acceptors (Lipinski definition) is 7. The third kappa shape index (κ3) is 5.18. The van der Waals surface area contributed by atoms with Crippen molar-refractivity contribution in [2.24, 2.45) is 0 Å². The Balaban J connectivity index is 1.05. The molecule has 14 rings (SSSR count). The number of thiophene rings is 1. The van der Waals surface area contributed by atoms with E-state index >= 15 is 4.57 Å². The van der Waals surface area contributed by atoms with E-state index in [1.807, 2.05) is 97.1 Å². The third-order valence-electron chi connectivity index (χ3n) is 13.5. The van der Waals surface area contributed by atoms with Gasteiger partial charge in [0.1, 0.15) is 22.7 Å². The molecular weight excluding hydrogens is 850 g/mol. The van der Waals surface area contributed by atoms with Gasteiger partial charge in [-0.15, -0.1) is 11.3 Å². The van der Waals surface area contributed by atoms with Crippen molar-refractivity contribution in [1.82, 2.24) is 15.0 Å². The second-order valence-corrected chi connectivity index (χ2v) is 20.7. The summed E-state index contributed by atoms with van der Waals surface area (Å²) in [5.41, 5.74) is 6.94. The molecule has 66 heavy (non-hydrogen) atoms. The summed E-state index contributed by atoms with van der Waals surface area (Å²) < 4.78 is 32.5. The molecule has 2 aliphatic rings. The molecule has 6 nitrogen and oxygen atoms in total. The van der Waals surface area contributed by atoms with Gasteiger partial charge in [-0.3, -0.25) is 0 Å². The summed E-state index contributed by atoms with van der Waals surface area (Å²) in [6.07, 6.45) is 0. The van der Waals surface area contributed by atoms with E-state index in [1.54, 1.807) is 11.3 Å². The lowest BCUT2D eigenvalue weighted by molar-refractivity contribution is 0.435. The zero-order valence-corrected chi connectivity index (χ0v) is 36.8. The molecule has 5 heterocycles. The lowest BCUT2D eigenvalue weighted by atomic mass is 9.63. The van der Waals surface area contributed by atoms with Crippen LogP contribution >= 0.6 is 18.5 Å². The van der Waals surface area contributed by atoms with Crippen molar-refractivity contribution in [2.75, 3.05) is 0 Å². The second-order valence-electron chi connectivity index (χ2n) is 16.9. The van der Waals surface area contributed by atoms with E-state index in [1.165, 1.54) is 15.5 Å². The fourth-order valence-electron chi connectivity index (χ4n) is 10.6. The van der Waals surface area contributed by atoms with E-state index in [9.17, 15) is 0 Å². The van der Waals surface area contributed by atoms with Crippen molar-refractivity contribution in [3.05, 3.63) is 229 Å². The number of fused-ring (bicyclic) bond motifs is 14. The van der Waals surface area contributed by atoms with Crippen LogP contribution in [0.25, 0.3) is 76.3 Å². The molecule has 0 saturated heterocycles. The number of benzene rings is 9. The van der Waals surface area contributed by atoms with Crippen molar-refractivity contribution in [2.45, 2.75) is 5.41 Å². The number of para-hydroxylation sites is 2. The zero-order valence-electron chi connectivity index (χ0n) is 35.1. The van der Waals surface area contributed by atoms with Gasteiger partial charge in [-0.2, -0.15) is 0 Å². The first-order chi connectivity index (χ1) is 32.6. The highest BCUT2D eigenvalue weighted by molar-refractivity contribution is 7.85. The molecule has 2 unspecified atom stereocenters. The number of furan rings is 1. The fourth-order valence-corrected chi connectivity index (χ4v) is 15.0. The van der Waals surface area contributed by atoms with Crippen molar-refractivity contribution >= 4 is 76.5 Å². The van der Waals surface area contributed by atoms with Crippen LogP contribution in [0.4, 0.5) is 0 Å². The highest BCUT2D eigenvalue weighted by atomic mass is 32.1. The molecule has 310 valence electrons. The van der Waals surface area contributed by atoms with Gasteiger partial charge in [-0.1, -0.05) is 164 Å². The lowest BCUT2D eigenvalue weighted by Crippen LogP contribution is -2.47. The highest BCUT2D eigenvalue weighted by Gasteiger charge is 2.55. The highest BCUT2D eigenvalue weighted by Crippen LogP contribution is 2.62. The first kappa shape index (κ1) is 37.4. The Morgan fingerprint density at radius 3 is 1.97 bits per heavy atom. The monoisotopic (exact) mass is 883 g/mol. The topological polar surface area (TPSA) is 78.1 Å². The number of ether oxygens (including phenoxy) is 1. The van der Waals surface area contributed by atoms with Crippen LogP contribution in [0, 0.1) is 0 Å². The molecule has 2 aliphatic heterocycles. The van der Waals surface area contributed by atoms with Crippen LogP contribution in [0.2, 0.25) is 0 Å². The average molecular weight is 884 g/mol. The minimum absolute atomic E-state index is 0.529. The summed E-state index contributed by atoms with van der Waals surface area (Å²) in [5.74, 6) is 3.09. The summed E-state index contributed by atoms with van der Waals surface area (Å²) in [5, 5.41) is 6.65. The number of hydrogen-bond donors (Lipinski definition) is 0. The molecule has 0 saturated carbocycles. The van der Waals surface area contributed by atoms with Crippen LogP contribution in [0.15, 0.2) is 211 Å². The predicted molar refractivity (Wildman–Crippen MR) is 268 cm³/mol. The van der Waals surface area contributed by atoms with E-state index in [2.05, 4.69) is 109 Å². The Labute approximate surface area is 382 Å². The molecule has 0 radical (unpaired) electrons. The first-order valence-electron chi connectivity index (χ1n) is 21.9. The molecule has 8 heteroatoms. The lowest BCUT2D eigenvalue weighted by Gasteiger charge is -2.47. The van der Waals surface area contributed by atoms with Gasteiger partial charge in [0.25, 0.3) is 0 Å². The molecule has 0 N–H and O–H groups in total. The quantitative estimate of drug-likeness (QED) is 0.164. The van der Waals surface area contributed by atoms with Crippen LogP contribution in [0.1, 0.15) is 22.3 Å². The van der Waals surface area contributed by atoms with Gasteiger partial charge in [0, 0.05) is 74.7 Å². The van der Waals surface area contributed by atoms with Gasteiger partial charge in [0.15, 0.2) is 24.6 Å². The Hall–Kier alpha value is -7.96. The minimum Gasteiger partial charge on any atom is -0.457 e. The van der Waals surface area contributed by atoms with Crippen LogP contribution in [0.3, 0.4) is 0 Å². The van der Waals surface area contributed by atoms with Gasteiger partial charge >= 0.3 is 0 Å². The van der Waals surface area contributed by atoms with Crippen LogP contribution in [-0.4, -0.2) is 15.0 Å². The summed E-state index contributed by atoms with van der Waals surface area (Å²) >= 11 is 1.75. The van der Waals surface area contributed by atoms with Gasteiger partial charge in [-0.05, 0) is 53.6 Å². The van der Waals surface area contributed by atoms with E-state index in [4.69, 9.17) is 24.1 Å². The first-order valence-corrected chi connectivity index (χ1v) is 24.5. The second kappa shape index (κ2) is 14.0. The Morgan fingerprint density at radius 2 is 1.11 bits per heavy atom. The maximum absolute atomic E-state index is 16.6. The average Bonchev–Trinajstić information content (AvgIpc) is 3.95. The summed E-state index contributed by atoms with van der Waals surface area (Å²) in [6, 6.07) is 70.1. The third-order valence-corrected chi connectivity index (χ3v) is 17.8. The molecule has 0 fully saturated rings. The van der Waals surface area contributed by atoms with Gasteiger partial charge in [0.05, 0.1) is 5.41 Å². The van der Waals surface area contributed by atoms with E-state index in [0.717, 1.165) is 75.9 Å². The van der Waals surface area contributed by atoms with E-state index in [0.29, 0.717) is 34.6 Å². The van der Waals surface area contributed by atoms with Crippen LogP contribution < -0.4 is 20.7 Å². The summed E-state index contributed by atoms with van der Waals surface area (Å²) in [7, 11) is -3.49. The Bertz CT molecular complexity index is 4030. The Morgan fingerprint density at radius 1 is 0.439 bits per heavy atom. The van der Waals surface area contributed by atoms with Crippen molar-refractivity contribution in [3.63, 3.8) is 0 Å². The molecule has 9 aromatic carbocycles. The van der Waals surface area contributed by atoms with Crippen LogP contribution in [0.5, 0.6) is 11.5 Å². The summed E-state index contributed by atoms with van der Waals surface area (Å²) in [4.78, 5) is 15.6. The van der Waals surface area contributed by atoms with Crippen molar-refractivity contribution < 1.29 is 13.7 Å². The smallest absolute Gasteiger partial charge is 0.171 e. The largest absolute Gasteiger partial charge is 0.457 e. The van der Waals surface area contributed by atoms with Gasteiger partial charge < -0.3 is 13.7 Å². The normalized spacial score (nSPS) is 17.1. The molecular formula is C58H34N3O3PS. The number of aromatic nitrogens is 3. The molecule has 1 spiro atoms. The predicted octanol–water partition coefficient (Wildman–Crippen LogP) is 13.6.